The van der Waals surface area contributed by atoms with Crippen LogP contribution in [0, 0.1) is 17.0 Å². The highest BCUT2D eigenvalue weighted by molar-refractivity contribution is 7.12. The lowest BCUT2D eigenvalue weighted by Gasteiger charge is -2.04. The smallest absolute Gasteiger partial charge is 0.358 e. The summed E-state index contributed by atoms with van der Waals surface area (Å²) in [5.41, 5.74) is 2.69. The number of nitrogens with zero attached hydrogens (tertiary/aromatic N) is 3. The summed E-state index contributed by atoms with van der Waals surface area (Å²) in [4.78, 5) is 22.9. The summed E-state index contributed by atoms with van der Waals surface area (Å²) in [6, 6.07) is 10.7. The zero-order valence-corrected chi connectivity index (χ0v) is 13.6. The third-order valence-corrected chi connectivity index (χ3v) is 4.29. The van der Waals surface area contributed by atoms with E-state index in [1.54, 1.807) is 12.3 Å². The zero-order valence-electron chi connectivity index (χ0n) is 12.8. The highest BCUT2D eigenvalue weighted by atomic mass is 32.1. The lowest BCUT2D eigenvalue weighted by atomic mass is 10.2. The van der Waals surface area contributed by atoms with E-state index in [1.165, 1.54) is 22.1 Å². The number of hydrogen-bond acceptors (Lipinski definition) is 5. The van der Waals surface area contributed by atoms with Gasteiger partial charge in [-0.15, -0.1) is 11.3 Å². The minimum Gasteiger partial charge on any atom is -0.358 e. The number of nitro groups is 1. The Hall–Kier alpha value is -3.00. The SMILES string of the molecule is Cc1cccc(NC(=O)c2cc(Cn3ccc([N+](=O)[O-])n3)cs2)c1. The maximum atomic E-state index is 12.3. The monoisotopic (exact) mass is 342 g/mol. The predicted molar refractivity (Wildman–Crippen MR) is 91.4 cm³/mol. The van der Waals surface area contributed by atoms with Crippen LogP contribution in [0.5, 0.6) is 0 Å². The van der Waals surface area contributed by atoms with Gasteiger partial charge in [-0.25, -0.2) is 0 Å². The number of carbonyl (C=O) groups excluding carboxylic acids is 1. The molecule has 1 N–H and O–H groups in total. The van der Waals surface area contributed by atoms with E-state index in [0.29, 0.717) is 11.4 Å². The van der Waals surface area contributed by atoms with Crippen molar-refractivity contribution in [3.8, 4) is 0 Å². The van der Waals surface area contributed by atoms with Crippen LogP contribution >= 0.6 is 11.3 Å². The topological polar surface area (TPSA) is 90.1 Å². The molecule has 0 bridgehead atoms. The van der Waals surface area contributed by atoms with Gasteiger partial charge in [-0.05, 0) is 46.6 Å². The highest BCUT2D eigenvalue weighted by Gasteiger charge is 2.13. The number of carbonyl (C=O) groups is 1. The number of rotatable bonds is 5. The fourth-order valence-corrected chi connectivity index (χ4v) is 3.01. The van der Waals surface area contributed by atoms with Crippen LogP contribution in [0.1, 0.15) is 20.8 Å². The molecule has 2 aromatic heterocycles. The number of thiophene rings is 1. The van der Waals surface area contributed by atoms with Gasteiger partial charge in [0.15, 0.2) is 0 Å². The molecular weight excluding hydrogens is 328 g/mol. The van der Waals surface area contributed by atoms with Crippen LogP contribution in [-0.4, -0.2) is 20.6 Å². The second-order valence-electron chi connectivity index (χ2n) is 5.27. The molecule has 0 unspecified atom stereocenters. The number of hydrogen-bond donors (Lipinski definition) is 1. The first-order chi connectivity index (χ1) is 11.5. The molecular formula is C16H14N4O3S. The van der Waals surface area contributed by atoms with Gasteiger partial charge in [0, 0.05) is 5.69 Å². The van der Waals surface area contributed by atoms with Crippen molar-refractivity contribution in [2.45, 2.75) is 13.5 Å². The summed E-state index contributed by atoms with van der Waals surface area (Å²) in [5.74, 6) is -0.370. The Balaban J connectivity index is 1.68. The number of benzene rings is 1. The highest BCUT2D eigenvalue weighted by Crippen LogP contribution is 2.19. The molecule has 3 aromatic rings. The third-order valence-electron chi connectivity index (χ3n) is 3.31. The van der Waals surface area contributed by atoms with E-state index in [0.717, 1.165) is 16.8 Å². The van der Waals surface area contributed by atoms with Crippen molar-refractivity contribution in [3.63, 3.8) is 0 Å². The first kappa shape index (κ1) is 15.9. The Morgan fingerprint density at radius 2 is 2.21 bits per heavy atom. The number of aryl methyl sites for hydroxylation is 1. The molecule has 0 aliphatic heterocycles. The van der Waals surface area contributed by atoms with Crippen LogP contribution in [0.3, 0.4) is 0 Å². The van der Waals surface area contributed by atoms with Gasteiger partial charge in [0.2, 0.25) is 0 Å². The molecule has 2 heterocycles. The van der Waals surface area contributed by atoms with E-state index in [-0.39, 0.29) is 11.7 Å². The molecule has 0 atom stereocenters. The first-order valence-electron chi connectivity index (χ1n) is 7.14. The Bertz CT molecular complexity index is 900. The van der Waals surface area contributed by atoms with Gasteiger partial charge < -0.3 is 15.4 Å². The predicted octanol–water partition coefficient (Wildman–Crippen LogP) is 3.46. The number of amides is 1. The second kappa shape index (κ2) is 6.63. The third kappa shape index (κ3) is 3.66. The van der Waals surface area contributed by atoms with E-state index < -0.39 is 4.92 Å². The van der Waals surface area contributed by atoms with E-state index >= 15 is 0 Å². The Morgan fingerprint density at radius 3 is 2.92 bits per heavy atom. The van der Waals surface area contributed by atoms with Crippen molar-refractivity contribution in [2.24, 2.45) is 0 Å². The molecule has 122 valence electrons. The van der Waals surface area contributed by atoms with Crippen molar-refractivity contribution >= 4 is 28.7 Å². The Morgan fingerprint density at radius 1 is 1.38 bits per heavy atom. The Kier molecular flexibility index (Phi) is 4.39. The van der Waals surface area contributed by atoms with Crippen LogP contribution in [0.2, 0.25) is 0 Å². The quantitative estimate of drug-likeness (QED) is 0.568. The maximum Gasteiger partial charge on any atom is 0.389 e. The molecule has 8 heteroatoms. The summed E-state index contributed by atoms with van der Waals surface area (Å²) in [7, 11) is 0. The summed E-state index contributed by atoms with van der Waals surface area (Å²) < 4.78 is 1.47. The molecule has 0 aliphatic carbocycles. The normalized spacial score (nSPS) is 10.5. The van der Waals surface area contributed by atoms with Gasteiger partial charge in [0.1, 0.15) is 0 Å². The number of nitrogens with one attached hydrogen (secondary N) is 1. The van der Waals surface area contributed by atoms with E-state index in [1.807, 2.05) is 36.6 Å². The van der Waals surface area contributed by atoms with Crippen molar-refractivity contribution in [1.29, 1.82) is 0 Å². The van der Waals surface area contributed by atoms with Gasteiger partial charge in [0.05, 0.1) is 28.8 Å². The van der Waals surface area contributed by atoms with E-state index in [9.17, 15) is 14.9 Å². The standard InChI is InChI=1S/C16H14N4O3S/c1-11-3-2-4-13(7-11)17-16(21)14-8-12(10-24-14)9-19-6-5-15(18-19)20(22)23/h2-8,10H,9H2,1H3,(H,17,21). The van der Waals surface area contributed by atoms with Gasteiger partial charge >= 0.3 is 5.82 Å². The van der Waals surface area contributed by atoms with Crippen molar-refractivity contribution in [3.05, 3.63) is 74.1 Å². The van der Waals surface area contributed by atoms with Crippen molar-refractivity contribution in [2.75, 3.05) is 5.32 Å². The van der Waals surface area contributed by atoms with Crippen LogP contribution in [-0.2, 0) is 6.54 Å². The second-order valence-corrected chi connectivity index (χ2v) is 6.18. The summed E-state index contributed by atoms with van der Waals surface area (Å²) in [6.07, 6.45) is 1.54. The zero-order chi connectivity index (χ0) is 17.1. The molecule has 0 fully saturated rings. The van der Waals surface area contributed by atoms with Gasteiger partial charge in [-0.3, -0.25) is 4.79 Å². The maximum absolute atomic E-state index is 12.3. The molecule has 0 radical (unpaired) electrons. The molecule has 1 aromatic carbocycles. The Labute approximate surface area is 141 Å². The molecule has 3 rings (SSSR count). The van der Waals surface area contributed by atoms with E-state index in [2.05, 4.69) is 10.4 Å². The summed E-state index contributed by atoms with van der Waals surface area (Å²) in [5, 5.41) is 19.2. The van der Waals surface area contributed by atoms with Gasteiger partial charge in [0.25, 0.3) is 5.91 Å². The van der Waals surface area contributed by atoms with Crippen LogP contribution in [0.15, 0.2) is 48.0 Å². The summed E-state index contributed by atoms with van der Waals surface area (Å²) in [6.45, 7) is 2.34. The first-order valence-corrected chi connectivity index (χ1v) is 8.02. The molecule has 0 saturated heterocycles. The van der Waals surface area contributed by atoms with Crippen LogP contribution < -0.4 is 5.32 Å². The average molecular weight is 342 g/mol. The van der Waals surface area contributed by atoms with Crippen LogP contribution in [0.4, 0.5) is 11.5 Å². The fraction of sp³-hybridized carbons (Fsp3) is 0.125. The molecule has 0 spiro atoms. The van der Waals surface area contributed by atoms with E-state index in [4.69, 9.17) is 0 Å². The average Bonchev–Trinajstić information content (AvgIpc) is 3.17. The number of anilines is 1. The fourth-order valence-electron chi connectivity index (χ4n) is 2.22. The molecule has 24 heavy (non-hydrogen) atoms. The molecule has 7 nitrogen and oxygen atoms in total. The molecule has 0 aliphatic rings. The lowest BCUT2D eigenvalue weighted by molar-refractivity contribution is -0.389. The van der Waals surface area contributed by atoms with Crippen LogP contribution in [0.25, 0.3) is 0 Å². The minimum atomic E-state index is -0.537. The lowest BCUT2D eigenvalue weighted by Crippen LogP contribution is -2.10. The van der Waals surface area contributed by atoms with Gasteiger partial charge in [-0.2, -0.15) is 4.68 Å². The van der Waals surface area contributed by atoms with Crippen molar-refractivity contribution < 1.29 is 9.72 Å². The number of aromatic nitrogens is 2. The molecule has 0 saturated carbocycles. The van der Waals surface area contributed by atoms with Gasteiger partial charge in [-0.1, -0.05) is 12.1 Å². The summed E-state index contributed by atoms with van der Waals surface area (Å²) >= 11 is 1.33. The largest absolute Gasteiger partial charge is 0.389 e. The minimum absolute atomic E-state index is 0.178. The van der Waals surface area contributed by atoms with Crippen molar-refractivity contribution in [1.82, 2.24) is 9.78 Å². The molecule has 1 amide bonds.